The second-order valence-corrected chi connectivity index (χ2v) is 15.5. The van der Waals surface area contributed by atoms with Gasteiger partial charge in [0, 0.05) is 24.8 Å². The molecule has 0 fully saturated rings. The van der Waals surface area contributed by atoms with Crippen LogP contribution < -0.4 is 10.4 Å². The van der Waals surface area contributed by atoms with E-state index in [4.69, 9.17) is 16.0 Å². The number of ketones is 1. The maximum absolute atomic E-state index is 12.4. The maximum atomic E-state index is 12.4. The maximum Gasteiger partial charge on any atom is 0.261 e. The Morgan fingerprint density at radius 2 is 1.55 bits per heavy atom. The number of Topliss-reactive ketones (excluding diaryl/α,β-unsaturated/α-hetero) is 1. The number of halogens is 2. The van der Waals surface area contributed by atoms with Crippen molar-refractivity contribution in [3.05, 3.63) is 70.8 Å². The smallest absolute Gasteiger partial charge is 0.261 e. The van der Waals surface area contributed by atoms with Gasteiger partial charge in [-0.15, -0.1) is 11.6 Å². The number of benzene rings is 2. The summed E-state index contributed by atoms with van der Waals surface area (Å²) in [6.07, 6.45) is 3.25. The second-order valence-electron chi connectivity index (χ2n) is 9.01. The predicted molar refractivity (Wildman–Crippen MR) is 144 cm³/mol. The molecule has 1 atom stereocenters. The van der Waals surface area contributed by atoms with Gasteiger partial charge in [0.2, 0.25) is 0 Å². The first-order chi connectivity index (χ1) is 14.7. The summed E-state index contributed by atoms with van der Waals surface area (Å²) in [5, 5.41) is 2.47. The first-order valence-corrected chi connectivity index (χ1v) is 14.3. The minimum absolute atomic E-state index is 0.0123. The third-order valence-corrected chi connectivity index (χ3v) is 11.4. The molecule has 1 unspecified atom stereocenters. The van der Waals surface area contributed by atoms with Crippen molar-refractivity contribution in [1.29, 1.82) is 0 Å². The zero-order chi connectivity index (χ0) is 22.9. The van der Waals surface area contributed by atoms with Gasteiger partial charge in [-0.25, -0.2) is 0 Å². The van der Waals surface area contributed by atoms with Crippen LogP contribution in [0.1, 0.15) is 52.9 Å². The Morgan fingerprint density at radius 3 is 2.00 bits per heavy atom. The van der Waals surface area contributed by atoms with Crippen molar-refractivity contribution in [1.82, 2.24) is 0 Å². The molecule has 0 spiro atoms. The van der Waals surface area contributed by atoms with Crippen LogP contribution in [0.5, 0.6) is 0 Å². The third kappa shape index (κ3) is 7.55. The molecule has 0 saturated heterocycles. The minimum Gasteiger partial charge on any atom is -0.407 e. The van der Waals surface area contributed by atoms with E-state index in [-0.39, 0.29) is 16.2 Å². The Balaban J connectivity index is 2.08. The van der Waals surface area contributed by atoms with Crippen molar-refractivity contribution in [2.45, 2.75) is 63.3 Å². The number of allylic oxidation sites excluding steroid dienone is 1. The largest absolute Gasteiger partial charge is 0.407 e. The molecule has 2 rings (SSSR count). The minimum atomic E-state index is -2.52. The number of carbonyl (C=O) groups is 1. The average Bonchev–Trinajstić information content (AvgIpc) is 2.72. The van der Waals surface area contributed by atoms with Crippen molar-refractivity contribution in [3.8, 4) is 0 Å². The summed E-state index contributed by atoms with van der Waals surface area (Å²) in [5.41, 5.74) is 0. The van der Waals surface area contributed by atoms with Crippen LogP contribution in [0.25, 0.3) is 0 Å². The molecule has 0 heterocycles. The lowest BCUT2D eigenvalue weighted by atomic mass is 10.1. The molecule has 0 aliphatic heterocycles. The highest BCUT2D eigenvalue weighted by molar-refractivity contribution is 14.1. The van der Waals surface area contributed by atoms with Crippen molar-refractivity contribution >= 4 is 58.7 Å². The molecular formula is C26H34ClIO2Si. The molecule has 0 N–H and O–H groups in total. The van der Waals surface area contributed by atoms with Gasteiger partial charge in [-0.2, -0.15) is 0 Å². The highest BCUT2D eigenvalue weighted by Crippen LogP contribution is 2.36. The molecule has 2 aromatic carbocycles. The Hall–Kier alpha value is -0.953. The Kier molecular flexibility index (Phi) is 10.5. The van der Waals surface area contributed by atoms with Crippen molar-refractivity contribution in [2.75, 3.05) is 6.61 Å². The van der Waals surface area contributed by atoms with Gasteiger partial charge in [0.1, 0.15) is 5.78 Å². The van der Waals surface area contributed by atoms with Gasteiger partial charge in [-0.3, -0.25) is 4.79 Å². The third-order valence-electron chi connectivity index (χ3n) is 5.51. The molecular weight excluding hydrogens is 535 g/mol. The molecule has 0 bridgehead atoms. The van der Waals surface area contributed by atoms with E-state index in [0.29, 0.717) is 25.9 Å². The highest BCUT2D eigenvalue weighted by atomic mass is 127. The fourth-order valence-corrected chi connectivity index (χ4v) is 9.73. The van der Waals surface area contributed by atoms with E-state index in [0.717, 1.165) is 16.4 Å². The van der Waals surface area contributed by atoms with Crippen LogP contribution in [0, 0.1) is 0 Å². The van der Waals surface area contributed by atoms with E-state index in [1.54, 1.807) is 0 Å². The topological polar surface area (TPSA) is 26.3 Å². The summed E-state index contributed by atoms with van der Waals surface area (Å²) in [6, 6.07) is 21.2. The highest BCUT2D eigenvalue weighted by Gasteiger charge is 2.49. The van der Waals surface area contributed by atoms with Crippen LogP contribution in [0.3, 0.4) is 0 Å². The predicted octanol–water partition coefficient (Wildman–Crippen LogP) is 6.64. The standard InChI is InChI=1S/C26H34ClIO2Si/c1-21(28)20-22(27)17-18-23(29)12-11-19-30-31(26(2,3)4,24-13-7-5-8-14-24)25-15-9-6-10-16-25/h5-10,13-16,22H,1,11-12,17-20H2,2-4H3. The van der Waals surface area contributed by atoms with Crippen molar-refractivity contribution in [3.63, 3.8) is 0 Å². The molecule has 0 aliphatic carbocycles. The van der Waals surface area contributed by atoms with Gasteiger partial charge in [0.25, 0.3) is 8.32 Å². The van der Waals surface area contributed by atoms with E-state index < -0.39 is 8.32 Å². The number of rotatable bonds is 12. The molecule has 0 radical (unpaired) electrons. The molecule has 0 aromatic heterocycles. The lowest BCUT2D eigenvalue weighted by molar-refractivity contribution is -0.119. The monoisotopic (exact) mass is 568 g/mol. The van der Waals surface area contributed by atoms with E-state index >= 15 is 0 Å². The van der Waals surface area contributed by atoms with Crippen LogP contribution in [-0.4, -0.2) is 26.1 Å². The van der Waals surface area contributed by atoms with Crippen LogP contribution >= 0.6 is 34.2 Å². The Bertz CT molecular complexity index is 794. The fraction of sp³-hybridized carbons (Fsp3) is 0.423. The number of alkyl halides is 1. The van der Waals surface area contributed by atoms with Crippen LogP contribution in [0.4, 0.5) is 0 Å². The zero-order valence-electron chi connectivity index (χ0n) is 18.9. The van der Waals surface area contributed by atoms with Gasteiger partial charge in [0.05, 0.1) is 0 Å². The quantitative estimate of drug-likeness (QED) is 0.124. The van der Waals surface area contributed by atoms with Gasteiger partial charge < -0.3 is 4.43 Å². The van der Waals surface area contributed by atoms with E-state index in [1.165, 1.54) is 10.4 Å². The summed E-state index contributed by atoms with van der Waals surface area (Å²) in [4.78, 5) is 12.4. The molecule has 2 aromatic rings. The first kappa shape index (κ1) is 26.3. The fourth-order valence-electron chi connectivity index (χ4n) is 4.04. The van der Waals surface area contributed by atoms with Crippen LogP contribution in [-0.2, 0) is 9.22 Å². The molecule has 2 nitrogen and oxygen atoms in total. The van der Waals surface area contributed by atoms with Crippen molar-refractivity contribution in [2.24, 2.45) is 0 Å². The summed E-state index contributed by atoms with van der Waals surface area (Å²) in [7, 11) is -2.52. The van der Waals surface area contributed by atoms with E-state index in [2.05, 4.69) is 98.5 Å². The Labute approximate surface area is 207 Å². The van der Waals surface area contributed by atoms with Crippen LogP contribution in [0.2, 0.25) is 5.04 Å². The van der Waals surface area contributed by atoms with E-state index in [1.807, 2.05) is 12.1 Å². The van der Waals surface area contributed by atoms with Gasteiger partial charge in [0.15, 0.2) is 0 Å². The van der Waals surface area contributed by atoms with Crippen LogP contribution in [0.15, 0.2) is 70.8 Å². The second kappa shape index (κ2) is 12.3. The molecule has 0 saturated carbocycles. The van der Waals surface area contributed by atoms with Gasteiger partial charge >= 0.3 is 0 Å². The SMILES string of the molecule is C=C(I)CC(Cl)CCC(=O)CCCO[Si](c1ccccc1)(c1ccccc1)C(C)(C)C. The number of hydrogen-bond acceptors (Lipinski definition) is 2. The Morgan fingerprint density at radius 1 is 1.03 bits per heavy atom. The van der Waals surface area contributed by atoms with Crippen molar-refractivity contribution < 1.29 is 9.22 Å². The summed E-state index contributed by atoms with van der Waals surface area (Å²) in [6.45, 7) is 11.3. The first-order valence-electron chi connectivity index (χ1n) is 10.9. The molecule has 5 heteroatoms. The summed E-state index contributed by atoms with van der Waals surface area (Å²) in [5.74, 6) is 0.260. The molecule has 168 valence electrons. The molecule has 31 heavy (non-hydrogen) atoms. The van der Waals surface area contributed by atoms with Gasteiger partial charge in [-0.1, -0.05) is 88.0 Å². The average molecular weight is 569 g/mol. The lowest BCUT2D eigenvalue weighted by Crippen LogP contribution is -2.66. The molecule has 0 amide bonds. The lowest BCUT2D eigenvalue weighted by Gasteiger charge is -2.43. The zero-order valence-corrected chi connectivity index (χ0v) is 22.8. The number of hydrogen-bond donors (Lipinski definition) is 0. The van der Waals surface area contributed by atoms with E-state index in [9.17, 15) is 4.79 Å². The summed E-state index contributed by atoms with van der Waals surface area (Å²) >= 11 is 8.48. The molecule has 0 aliphatic rings. The normalized spacial score (nSPS) is 13.1. The van der Waals surface area contributed by atoms with Gasteiger partial charge in [-0.05, 0) is 60.8 Å². The summed E-state index contributed by atoms with van der Waals surface area (Å²) < 4.78 is 7.87. The number of carbonyl (C=O) groups excluding carboxylic acids is 1.